The lowest BCUT2D eigenvalue weighted by atomic mass is 9.64. The van der Waals surface area contributed by atoms with Crippen LogP contribution in [0.15, 0.2) is 24.3 Å². The van der Waals surface area contributed by atoms with Gasteiger partial charge in [-0.3, -0.25) is 9.59 Å². The maximum absolute atomic E-state index is 13.1. The maximum Gasteiger partial charge on any atom is 0.232 e. The third-order valence-corrected chi connectivity index (χ3v) is 7.77. The van der Waals surface area contributed by atoms with Crippen LogP contribution in [-0.2, 0) is 9.59 Å². The zero-order valence-corrected chi connectivity index (χ0v) is 15.2. The number of ketones is 1. The number of carbonyl (C=O) groups is 2. The molecule has 1 amide bonds. The standard InChI is InChI=1S/C17H19BrClNO2/c1-15(2)16(3)8-9-17(15,12(18)13(16)21)14(22)20-11-7-5-4-6-10(11)19/h4-7,12H,8-9H2,1-3H3,(H,20,22)/t12-,16?,17?/m1/s1. The van der Waals surface area contributed by atoms with Crippen molar-refractivity contribution in [1.29, 1.82) is 0 Å². The van der Waals surface area contributed by atoms with Crippen molar-refractivity contribution >= 4 is 44.9 Å². The smallest absolute Gasteiger partial charge is 0.232 e. The van der Waals surface area contributed by atoms with E-state index < -0.39 is 21.1 Å². The van der Waals surface area contributed by atoms with Gasteiger partial charge < -0.3 is 5.32 Å². The van der Waals surface area contributed by atoms with E-state index in [1.165, 1.54) is 0 Å². The van der Waals surface area contributed by atoms with Gasteiger partial charge in [0.15, 0.2) is 5.78 Å². The van der Waals surface area contributed by atoms with Gasteiger partial charge in [-0.05, 0) is 30.4 Å². The zero-order chi connectivity index (χ0) is 16.3. The van der Waals surface area contributed by atoms with Gasteiger partial charge >= 0.3 is 0 Å². The SMILES string of the molecule is CC12CCC(C(=O)Nc3ccccc3Cl)([C@H](Br)C1=O)C2(C)C. The summed E-state index contributed by atoms with van der Waals surface area (Å²) in [6, 6.07) is 7.16. The van der Waals surface area contributed by atoms with E-state index in [-0.39, 0.29) is 11.7 Å². The molecule has 0 aromatic heterocycles. The molecule has 0 heterocycles. The van der Waals surface area contributed by atoms with E-state index in [0.29, 0.717) is 17.1 Å². The molecule has 2 aliphatic carbocycles. The van der Waals surface area contributed by atoms with Crippen LogP contribution in [0.1, 0.15) is 33.6 Å². The Labute approximate surface area is 143 Å². The van der Waals surface area contributed by atoms with Gasteiger partial charge in [0.25, 0.3) is 0 Å². The number of alkyl halides is 1. The van der Waals surface area contributed by atoms with E-state index in [1.54, 1.807) is 12.1 Å². The van der Waals surface area contributed by atoms with Gasteiger partial charge in [0.1, 0.15) is 0 Å². The molecular weight excluding hydrogens is 366 g/mol. The average molecular weight is 385 g/mol. The summed E-state index contributed by atoms with van der Waals surface area (Å²) in [5, 5.41) is 3.44. The summed E-state index contributed by atoms with van der Waals surface area (Å²) < 4.78 is 0. The first-order valence-electron chi connectivity index (χ1n) is 7.43. The summed E-state index contributed by atoms with van der Waals surface area (Å²) in [6.45, 7) is 6.05. The predicted molar refractivity (Wildman–Crippen MR) is 91.4 cm³/mol. The number of Topliss-reactive ketones (excluding diaryl/α,β-unsaturated/α-hetero) is 1. The van der Waals surface area contributed by atoms with Gasteiger partial charge in [-0.15, -0.1) is 0 Å². The number of fused-ring (bicyclic) bond motifs is 2. The molecule has 118 valence electrons. The van der Waals surface area contributed by atoms with Crippen LogP contribution >= 0.6 is 27.5 Å². The van der Waals surface area contributed by atoms with E-state index in [2.05, 4.69) is 21.2 Å². The highest BCUT2D eigenvalue weighted by Crippen LogP contribution is 2.72. The molecular formula is C17H19BrClNO2. The van der Waals surface area contributed by atoms with Gasteiger partial charge in [0, 0.05) is 5.41 Å². The number of hydrogen-bond donors (Lipinski definition) is 1. The quantitative estimate of drug-likeness (QED) is 0.766. The fraction of sp³-hybridized carbons (Fsp3) is 0.529. The number of para-hydroxylation sites is 1. The molecule has 5 heteroatoms. The predicted octanol–water partition coefficient (Wildman–Crippen LogP) is 4.44. The summed E-state index contributed by atoms with van der Waals surface area (Å²) in [4.78, 5) is 25.3. The van der Waals surface area contributed by atoms with Crippen molar-refractivity contribution < 1.29 is 9.59 Å². The molecule has 2 fully saturated rings. The van der Waals surface area contributed by atoms with Gasteiger partial charge in [0.05, 0.1) is 21.0 Å². The van der Waals surface area contributed by atoms with Crippen molar-refractivity contribution in [3.05, 3.63) is 29.3 Å². The molecule has 1 aromatic carbocycles. The van der Waals surface area contributed by atoms with Crippen molar-refractivity contribution in [3.8, 4) is 0 Å². The second-order valence-corrected chi connectivity index (χ2v) is 8.41. The third kappa shape index (κ3) is 1.68. The number of nitrogens with one attached hydrogen (secondary N) is 1. The number of rotatable bonds is 2. The molecule has 3 rings (SSSR count). The van der Waals surface area contributed by atoms with Crippen LogP contribution < -0.4 is 5.32 Å². The largest absolute Gasteiger partial charge is 0.324 e. The minimum Gasteiger partial charge on any atom is -0.324 e. The molecule has 1 aromatic rings. The van der Waals surface area contributed by atoms with Crippen molar-refractivity contribution in [2.45, 2.75) is 38.4 Å². The fourth-order valence-corrected chi connectivity index (χ4v) is 5.95. The molecule has 0 spiro atoms. The Morgan fingerprint density at radius 2 is 1.91 bits per heavy atom. The molecule has 22 heavy (non-hydrogen) atoms. The van der Waals surface area contributed by atoms with Crippen molar-refractivity contribution in [2.24, 2.45) is 16.2 Å². The molecule has 1 N–H and O–H groups in total. The Balaban J connectivity index is 2.02. The zero-order valence-electron chi connectivity index (χ0n) is 12.9. The average Bonchev–Trinajstić information content (AvgIpc) is 2.74. The molecule has 3 nitrogen and oxygen atoms in total. The minimum atomic E-state index is -0.738. The van der Waals surface area contributed by atoms with E-state index in [0.717, 1.165) is 6.42 Å². The van der Waals surface area contributed by atoms with Gasteiger partial charge in [-0.2, -0.15) is 0 Å². The number of amides is 1. The van der Waals surface area contributed by atoms with E-state index >= 15 is 0 Å². The lowest BCUT2D eigenvalue weighted by Gasteiger charge is -2.39. The number of anilines is 1. The molecule has 2 bridgehead atoms. The topological polar surface area (TPSA) is 46.2 Å². The molecule has 2 unspecified atom stereocenters. The Kier molecular flexibility index (Phi) is 3.50. The van der Waals surface area contributed by atoms with Crippen LogP contribution in [0.2, 0.25) is 5.02 Å². The molecule has 2 aliphatic rings. The molecule has 0 saturated heterocycles. The first-order chi connectivity index (χ1) is 10.2. The highest BCUT2D eigenvalue weighted by atomic mass is 79.9. The fourth-order valence-electron chi connectivity index (χ4n) is 4.25. The van der Waals surface area contributed by atoms with E-state index in [9.17, 15) is 9.59 Å². The third-order valence-electron chi connectivity index (χ3n) is 6.25. The number of halogens is 2. The van der Waals surface area contributed by atoms with Crippen LogP contribution in [0.3, 0.4) is 0 Å². The van der Waals surface area contributed by atoms with Crippen LogP contribution in [-0.4, -0.2) is 16.5 Å². The first kappa shape index (κ1) is 16.0. The van der Waals surface area contributed by atoms with Crippen molar-refractivity contribution in [2.75, 3.05) is 5.32 Å². The number of carbonyl (C=O) groups excluding carboxylic acids is 2. The molecule has 2 saturated carbocycles. The summed E-state index contributed by atoms with van der Waals surface area (Å²) in [7, 11) is 0. The van der Waals surface area contributed by atoms with Crippen molar-refractivity contribution in [1.82, 2.24) is 0 Å². The maximum atomic E-state index is 13.1. The van der Waals surface area contributed by atoms with E-state index in [4.69, 9.17) is 11.6 Å². The highest BCUT2D eigenvalue weighted by Gasteiger charge is 2.76. The Hall–Kier alpha value is -0.870. The normalized spacial score (nSPS) is 35.7. The second-order valence-electron chi connectivity index (χ2n) is 7.09. The molecule has 0 radical (unpaired) electrons. The summed E-state index contributed by atoms with van der Waals surface area (Å²) in [5.74, 6) is 0.0140. The number of hydrogen-bond acceptors (Lipinski definition) is 2. The minimum absolute atomic E-state index is 0.123. The Bertz CT molecular complexity index is 674. The number of benzene rings is 1. The lowest BCUT2D eigenvalue weighted by molar-refractivity contribution is -0.130. The Morgan fingerprint density at radius 3 is 2.45 bits per heavy atom. The first-order valence-corrected chi connectivity index (χ1v) is 8.72. The monoisotopic (exact) mass is 383 g/mol. The van der Waals surface area contributed by atoms with E-state index in [1.807, 2.05) is 32.9 Å². The van der Waals surface area contributed by atoms with Crippen LogP contribution in [0.5, 0.6) is 0 Å². The second kappa shape index (κ2) is 4.81. The van der Waals surface area contributed by atoms with Gasteiger partial charge in [-0.25, -0.2) is 0 Å². The van der Waals surface area contributed by atoms with Gasteiger partial charge in [0.2, 0.25) is 5.91 Å². The summed E-state index contributed by atoms with van der Waals surface area (Å²) >= 11 is 9.66. The van der Waals surface area contributed by atoms with Crippen molar-refractivity contribution in [3.63, 3.8) is 0 Å². The summed E-state index contributed by atoms with van der Waals surface area (Å²) in [6.07, 6.45) is 1.45. The van der Waals surface area contributed by atoms with Crippen LogP contribution in [0, 0.1) is 16.2 Å². The molecule has 0 aliphatic heterocycles. The lowest BCUT2D eigenvalue weighted by Crippen LogP contribution is -2.48. The van der Waals surface area contributed by atoms with Crippen LogP contribution in [0.25, 0.3) is 0 Å². The Morgan fingerprint density at radius 1 is 1.27 bits per heavy atom. The molecule has 3 atom stereocenters. The summed E-state index contributed by atoms with van der Waals surface area (Å²) in [5.41, 5.74) is -1.01. The van der Waals surface area contributed by atoms with Gasteiger partial charge in [-0.1, -0.05) is 60.4 Å². The highest BCUT2D eigenvalue weighted by molar-refractivity contribution is 9.10. The van der Waals surface area contributed by atoms with Crippen LogP contribution in [0.4, 0.5) is 5.69 Å².